The molecule has 1 aliphatic heterocycles. The summed E-state index contributed by atoms with van der Waals surface area (Å²) < 4.78 is 17.4. The van der Waals surface area contributed by atoms with Gasteiger partial charge >= 0.3 is 0 Å². The van der Waals surface area contributed by atoms with Crippen molar-refractivity contribution in [2.24, 2.45) is 0 Å². The molecule has 9 heteroatoms. The van der Waals surface area contributed by atoms with Crippen molar-refractivity contribution in [2.45, 2.75) is 6.42 Å². The van der Waals surface area contributed by atoms with Gasteiger partial charge in [-0.05, 0) is 35.9 Å². The number of carbonyl (C=O) groups is 1. The molecule has 0 spiro atoms. The summed E-state index contributed by atoms with van der Waals surface area (Å²) in [5, 5.41) is 1.41. The normalized spacial score (nSPS) is 14.0. The van der Waals surface area contributed by atoms with E-state index in [9.17, 15) is 9.18 Å². The van der Waals surface area contributed by atoms with E-state index < -0.39 is 0 Å². The molecule has 4 rings (SSSR count). The van der Waals surface area contributed by atoms with Crippen LogP contribution in [0.1, 0.15) is 11.4 Å². The molecule has 2 aromatic carbocycles. The zero-order valence-electron chi connectivity index (χ0n) is 17.2. The number of anilines is 2. The van der Waals surface area contributed by atoms with Crippen molar-refractivity contribution >= 4 is 39.9 Å². The molecule has 0 N–H and O–H groups in total. The van der Waals surface area contributed by atoms with E-state index in [-0.39, 0.29) is 18.3 Å². The average molecular weight is 460 g/mol. The van der Waals surface area contributed by atoms with Crippen LogP contribution in [0.15, 0.2) is 48.5 Å². The summed E-state index contributed by atoms with van der Waals surface area (Å²) in [6.07, 6.45) is 0.532. The van der Waals surface area contributed by atoms with Gasteiger partial charge in [-0.15, -0.1) is 0 Å². The van der Waals surface area contributed by atoms with E-state index >= 15 is 0 Å². The SMILES string of the molecule is CN(CC(=O)N1CCN(c2cccc(Cl)c2)CC1)c1nc(Cc2ccc(F)cc2)ns1. The third-order valence-electron chi connectivity index (χ3n) is 5.24. The second kappa shape index (κ2) is 9.62. The lowest BCUT2D eigenvalue weighted by Crippen LogP contribution is -2.51. The highest BCUT2D eigenvalue weighted by Gasteiger charge is 2.23. The van der Waals surface area contributed by atoms with Crippen LogP contribution < -0.4 is 9.80 Å². The van der Waals surface area contributed by atoms with Crippen LogP contribution in [0.3, 0.4) is 0 Å². The zero-order chi connectivity index (χ0) is 21.8. The first-order chi connectivity index (χ1) is 15.0. The minimum atomic E-state index is -0.262. The molecule has 0 radical (unpaired) electrons. The van der Waals surface area contributed by atoms with E-state index in [1.54, 1.807) is 12.1 Å². The van der Waals surface area contributed by atoms with Gasteiger partial charge in [0.1, 0.15) is 11.6 Å². The van der Waals surface area contributed by atoms with Crippen molar-refractivity contribution in [3.05, 3.63) is 70.8 Å². The Labute approximate surface area is 190 Å². The second-order valence-electron chi connectivity index (χ2n) is 7.50. The smallest absolute Gasteiger partial charge is 0.242 e. The lowest BCUT2D eigenvalue weighted by Gasteiger charge is -2.36. The van der Waals surface area contributed by atoms with Gasteiger partial charge in [-0.3, -0.25) is 4.79 Å². The molecule has 1 saturated heterocycles. The third kappa shape index (κ3) is 5.51. The quantitative estimate of drug-likeness (QED) is 0.562. The number of benzene rings is 2. The summed E-state index contributed by atoms with van der Waals surface area (Å²) in [5.74, 6) is 0.479. The van der Waals surface area contributed by atoms with Crippen LogP contribution in [-0.2, 0) is 11.2 Å². The Bertz CT molecular complexity index is 1040. The molecule has 31 heavy (non-hydrogen) atoms. The number of amides is 1. The number of hydrogen-bond acceptors (Lipinski definition) is 6. The standard InChI is InChI=1S/C22H23ClFN5OS/c1-27(22-25-20(26-31-22)13-16-5-7-18(24)8-6-16)15-21(30)29-11-9-28(10-12-29)19-4-2-3-17(23)14-19/h2-8,14H,9-13,15H2,1H3. The number of nitrogens with zero attached hydrogens (tertiary/aromatic N) is 5. The molecule has 3 aromatic rings. The monoisotopic (exact) mass is 459 g/mol. The molecule has 0 saturated carbocycles. The van der Waals surface area contributed by atoms with Crippen LogP contribution in [0.4, 0.5) is 15.2 Å². The van der Waals surface area contributed by atoms with Crippen molar-refractivity contribution in [3.8, 4) is 0 Å². The van der Waals surface area contributed by atoms with E-state index in [4.69, 9.17) is 11.6 Å². The Morgan fingerprint density at radius 2 is 1.90 bits per heavy atom. The predicted molar refractivity (Wildman–Crippen MR) is 123 cm³/mol. The fourth-order valence-corrected chi connectivity index (χ4v) is 4.34. The van der Waals surface area contributed by atoms with Crippen molar-refractivity contribution in [2.75, 3.05) is 49.6 Å². The first-order valence-corrected chi connectivity index (χ1v) is 11.2. The highest BCUT2D eigenvalue weighted by Crippen LogP contribution is 2.21. The molecule has 0 unspecified atom stereocenters. The number of aromatic nitrogens is 2. The fourth-order valence-electron chi connectivity index (χ4n) is 3.51. The molecule has 0 atom stereocenters. The molecule has 1 fully saturated rings. The maximum Gasteiger partial charge on any atom is 0.242 e. The van der Waals surface area contributed by atoms with Gasteiger partial charge in [-0.1, -0.05) is 29.8 Å². The van der Waals surface area contributed by atoms with Gasteiger partial charge in [0.15, 0.2) is 0 Å². The molecular weight excluding hydrogens is 437 g/mol. The summed E-state index contributed by atoms with van der Waals surface area (Å²) in [4.78, 5) is 23.3. The van der Waals surface area contributed by atoms with Gasteiger partial charge in [0, 0.05) is 61.9 Å². The maximum absolute atomic E-state index is 13.1. The first-order valence-electron chi connectivity index (χ1n) is 10.0. The van der Waals surface area contributed by atoms with Crippen molar-refractivity contribution < 1.29 is 9.18 Å². The van der Waals surface area contributed by atoms with Crippen molar-refractivity contribution in [1.29, 1.82) is 0 Å². The van der Waals surface area contributed by atoms with E-state index in [0.717, 1.165) is 24.3 Å². The topological polar surface area (TPSA) is 52.6 Å². The lowest BCUT2D eigenvalue weighted by atomic mass is 10.1. The van der Waals surface area contributed by atoms with Crippen molar-refractivity contribution in [3.63, 3.8) is 0 Å². The summed E-state index contributed by atoms with van der Waals surface area (Å²) in [6.45, 7) is 3.14. The minimum absolute atomic E-state index is 0.0727. The number of hydrogen-bond donors (Lipinski definition) is 0. The Morgan fingerprint density at radius 1 is 1.16 bits per heavy atom. The summed E-state index contributed by atoms with van der Waals surface area (Å²) in [5.41, 5.74) is 2.03. The molecule has 6 nitrogen and oxygen atoms in total. The van der Waals surface area contributed by atoms with E-state index in [0.29, 0.717) is 35.5 Å². The number of halogens is 2. The van der Waals surface area contributed by atoms with E-state index in [2.05, 4.69) is 14.3 Å². The van der Waals surface area contributed by atoms with Crippen LogP contribution in [0.2, 0.25) is 5.02 Å². The summed E-state index contributed by atoms with van der Waals surface area (Å²) >= 11 is 7.36. The summed E-state index contributed by atoms with van der Waals surface area (Å²) in [6, 6.07) is 14.1. The Kier molecular flexibility index (Phi) is 6.67. The fraction of sp³-hybridized carbons (Fsp3) is 0.318. The molecule has 1 aliphatic rings. The van der Waals surface area contributed by atoms with Gasteiger partial charge in [-0.25, -0.2) is 9.37 Å². The molecule has 0 bridgehead atoms. The number of piperazine rings is 1. The highest BCUT2D eigenvalue weighted by atomic mass is 35.5. The number of carbonyl (C=O) groups excluding carboxylic acids is 1. The Balaban J connectivity index is 1.29. The lowest BCUT2D eigenvalue weighted by molar-refractivity contribution is -0.129. The largest absolute Gasteiger partial charge is 0.368 e. The molecule has 1 amide bonds. The molecule has 162 valence electrons. The molecule has 0 aliphatic carbocycles. The van der Waals surface area contributed by atoms with Crippen molar-refractivity contribution in [1.82, 2.24) is 14.3 Å². The second-order valence-corrected chi connectivity index (χ2v) is 8.67. The van der Waals surface area contributed by atoms with Crippen LogP contribution in [0.25, 0.3) is 0 Å². The van der Waals surface area contributed by atoms with E-state index in [1.807, 2.05) is 41.1 Å². The third-order valence-corrected chi connectivity index (χ3v) is 6.34. The van der Waals surface area contributed by atoms with Gasteiger partial charge in [-0.2, -0.15) is 4.37 Å². The maximum atomic E-state index is 13.1. The van der Waals surface area contributed by atoms with Crippen LogP contribution in [-0.4, -0.2) is 59.9 Å². The van der Waals surface area contributed by atoms with Crippen LogP contribution in [0, 0.1) is 5.82 Å². The zero-order valence-corrected chi connectivity index (χ0v) is 18.7. The molecule has 2 heterocycles. The molecule has 1 aromatic heterocycles. The average Bonchev–Trinajstić information content (AvgIpc) is 3.24. The summed E-state index contributed by atoms with van der Waals surface area (Å²) in [7, 11) is 1.85. The van der Waals surface area contributed by atoms with Crippen LogP contribution in [0.5, 0.6) is 0 Å². The number of likely N-dealkylation sites (N-methyl/N-ethyl adjacent to an activating group) is 1. The Morgan fingerprint density at radius 3 is 2.61 bits per heavy atom. The van der Waals surface area contributed by atoms with Gasteiger partial charge in [0.2, 0.25) is 11.0 Å². The van der Waals surface area contributed by atoms with Gasteiger partial charge < -0.3 is 14.7 Å². The van der Waals surface area contributed by atoms with Gasteiger partial charge in [0.25, 0.3) is 0 Å². The van der Waals surface area contributed by atoms with Gasteiger partial charge in [0.05, 0.1) is 6.54 Å². The molecular formula is C22H23ClFN5OS. The predicted octanol–water partition coefficient (Wildman–Crippen LogP) is 3.71. The number of rotatable bonds is 6. The van der Waals surface area contributed by atoms with E-state index in [1.165, 1.54) is 23.7 Å². The Hall–Kier alpha value is -2.71. The highest BCUT2D eigenvalue weighted by molar-refractivity contribution is 7.09. The first kappa shape index (κ1) is 21.5. The minimum Gasteiger partial charge on any atom is -0.368 e. The van der Waals surface area contributed by atoms with Crippen LogP contribution >= 0.6 is 23.1 Å².